The van der Waals surface area contributed by atoms with Gasteiger partial charge in [-0.05, 0) is 24.7 Å². The second-order valence-corrected chi connectivity index (χ2v) is 5.74. The molecule has 1 unspecified atom stereocenters. The van der Waals surface area contributed by atoms with Crippen molar-refractivity contribution < 1.29 is 14.7 Å². The van der Waals surface area contributed by atoms with Crippen LogP contribution in [0.4, 0.5) is 0 Å². The van der Waals surface area contributed by atoms with E-state index in [0.29, 0.717) is 31.2 Å². The number of hydrogen-bond acceptors (Lipinski definition) is 2. The topological polar surface area (TPSA) is 57.6 Å². The molecule has 1 aliphatic carbocycles. The molecular formula is C13H23NO3. The van der Waals surface area contributed by atoms with Crippen LogP contribution in [0.1, 0.15) is 33.6 Å². The first-order valence-corrected chi connectivity index (χ1v) is 6.30. The Morgan fingerprint density at radius 1 is 1.29 bits per heavy atom. The van der Waals surface area contributed by atoms with Crippen molar-refractivity contribution in [3.63, 3.8) is 0 Å². The van der Waals surface area contributed by atoms with Crippen LogP contribution in [0.3, 0.4) is 0 Å². The number of carboxylic acids is 1. The highest BCUT2D eigenvalue weighted by Gasteiger charge is 2.42. The van der Waals surface area contributed by atoms with Crippen LogP contribution >= 0.6 is 0 Å². The zero-order valence-electron chi connectivity index (χ0n) is 11.1. The van der Waals surface area contributed by atoms with Crippen molar-refractivity contribution in [2.24, 2.45) is 23.7 Å². The summed E-state index contributed by atoms with van der Waals surface area (Å²) in [7, 11) is 1.77. The molecule has 1 aliphatic rings. The first-order valence-electron chi connectivity index (χ1n) is 6.30. The molecule has 0 aliphatic heterocycles. The molecule has 0 saturated heterocycles. The van der Waals surface area contributed by atoms with Gasteiger partial charge >= 0.3 is 5.97 Å². The highest BCUT2D eigenvalue weighted by atomic mass is 16.4. The Hall–Kier alpha value is -1.06. The van der Waals surface area contributed by atoms with Gasteiger partial charge in [-0.25, -0.2) is 0 Å². The van der Waals surface area contributed by atoms with Gasteiger partial charge in [0.1, 0.15) is 0 Å². The Morgan fingerprint density at radius 2 is 1.82 bits per heavy atom. The van der Waals surface area contributed by atoms with Gasteiger partial charge in [0.25, 0.3) is 0 Å². The molecule has 1 amide bonds. The van der Waals surface area contributed by atoms with Crippen LogP contribution in [0.25, 0.3) is 0 Å². The summed E-state index contributed by atoms with van der Waals surface area (Å²) in [5.41, 5.74) is 0. The van der Waals surface area contributed by atoms with Crippen molar-refractivity contribution in [2.45, 2.75) is 33.6 Å². The first-order chi connectivity index (χ1) is 7.82. The predicted molar refractivity (Wildman–Crippen MR) is 65.5 cm³/mol. The van der Waals surface area contributed by atoms with Gasteiger partial charge in [0, 0.05) is 13.6 Å². The van der Waals surface area contributed by atoms with Crippen LogP contribution in [0.2, 0.25) is 0 Å². The summed E-state index contributed by atoms with van der Waals surface area (Å²) in [6.07, 6.45) is 1.33. The van der Waals surface area contributed by atoms with E-state index in [1.807, 2.05) is 6.92 Å². The van der Waals surface area contributed by atoms with Gasteiger partial charge < -0.3 is 10.0 Å². The lowest BCUT2D eigenvalue weighted by atomic mass is 9.94. The standard InChI is InChI=1S/C13H23NO3/c1-8(2)7-14(4)12(15)10-5-9(3)6-11(10)13(16)17/h8-11H,5-7H2,1-4H3,(H,16,17)/t9?,10-,11+/m0/s1. The molecule has 0 aromatic heterocycles. The number of rotatable bonds is 4. The third kappa shape index (κ3) is 3.45. The lowest BCUT2D eigenvalue weighted by Gasteiger charge is -2.24. The van der Waals surface area contributed by atoms with Crippen molar-refractivity contribution in [3.8, 4) is 0 Å². The van der Waals surface area contributed by atoms with E-state index in [2.05, 4.69) is 13.8 Å². The Morgan fingerprint density at radius 3 is 2.29 bits per heavy atom. The van der Waals surface area contributed by atoms with E-state index in [4.69, 9.17) is 5.11 Å². The van der Waals surface area contributed by atoms with Crippen LogP contribution in [0.5, 0.6) is 0 Å². The maximum absolute atomic E-state index is 12.2. The van der Waals surface area contributed by atoms with E-state index in [1.54, 1.807) is 11.9 Å². The molecule has 1 N–H and O–H groups in total. The lowest BCUT2D eigenvalue weighted by Crippen LogP contribution is -2.38. The molecular weight excluding hydrogens is 218 g/mol. The molecule has 17 heavy (non-hydrogen) atoms. The number of carboxylic acid groups (broad SMARTS) is 1. The Balaban J connectivity index is 2.70. The van der Waals surface area contributed by atoms with Gasteiger partial charge in [0.15, 0.2) is 0 Å². The van der Waals surface area contributed by atoms with Crippen LogP contribution < -0.4 is 0 Å². The maximum atomic E-state index is 12.2. The smallest absolute Gasteiger partial charge is 0.307 e. The second kappa shape index (κ2) is 5.52. The third-order valence-electron chi connectivity index (χ3n) is 3.45. The van der Waals surface area contributed by atoms with E-state index >= 15 is 0 Å². The van der Waals surface area contributed by atoms with Gasteiger partial charge in [-0.15, -0.1) is 0 Å². The molecule has 0 heterocycles. The second-order valence-electron chi connectivity index (χ2n) is 5.74. The molecule has 98 valence electrons. The van der Waals surface area contributed by atoms with E-state index in [-0.39, 0.29) is 11.8 Å². The van der Waals surface area contributed by atoms with Crippen LogP contribution in [-0.2, 0) is 9.59 Å². The summed E-state index contributed by atoms with van der Waals surface area (Å²) < 4.78 is 0. The summed E-state index contributed by atoms with van der Waals surface area (Å²) >= 11 is 0. The maximum Gasteiger partial charge on any atom is 0.307 e. The zero-order valence-corrected chi connectivity index (χ0v) is 11.1. The van der Waals surface area contributed by atoms with Crippen LogP contribution in [-0.4, -0.2) is 35.5 Å². The summed E-state index contributed by atoms with van der Waals surface area (Å²) in [6.45, 7) is 6.81. The monoisotopic (exact) mass is 241 g/mol. The minimum atomic E-state index is -0.828. The highest BCUT2D eigenvalue weighted by molar-refractivity contribution is 5.85. The first kappa shape index (κ1) is 14.0. The molecule has 0 radical (unpaired) electrons. The average Bonchev–Trinajstić information content (AvgIpc) is 2.58. The van der Waals surface area contributed by atoms with E-state index in [9.17, 15) is 9.59 Å². The largest absolute Gasteiger partial charge is 0.481 e. The Labute approximate surface area is 103 Å². The lowest BCUT2D eigenvalue weighted by molar-refractivity contribution is -0.148. The number of nitrogens with zero attached hydrogens (tertiary/aromatic N) is 1. The molecule has 0 aromatic rings. The van der Waals surface area contributed by atoms with Crippen molar-refractivity contribution >= 4 is 11.9 Å². The SMILES string of the molecule is CC(C)CN(C)C(=O)[C@H]1CC(C)C[C@H]1C(=O)O. The zero-order chi connectivity index (χ0) is 13.2. The normalized spacial score (nSPS) is 28.4. The molecule has 0 aromatic carbocycles. The van der Waals surface area contributed by atoms with Crippen LogP contribution in [0, 0.1) is 23.7 Å². The quantitative estimate of drug-likeness (QED) is 0.817. The molecule has 0 spiro atoms. The molecule has 0 bridgehead atoms. The number of hydrogen-bond donors (Lipinski definition) is 1. The fourth-order valence-corrected chi connectivity index (χ4v) is 2.76. The van der Waals surface area contributed by atoms with Gasteiger partial charge in [0.2, 0.25) is 5.91 Å². The van der Waals surface area contributed by atoms with Gasteiger partial charge in [-0.3, -0.25) is 9.59 Å². The van der Waals surface area contributed by atoms with Crippen molar-refractivity contribution in [2.75, 3.05) is 13.6 Å². The molecule has 1 saturated carbocycles. The van der Waals surface area contributed by atoms with Crippen LogP contribution in [0.15, 0.2) is 0 Å². The van der Waals surface area contributed by atoms with Gasteiger partial charge in [-0.2, -0.15) is 0 Å². The molecule has 1 rings (SSSR count). The molecule has 4 nitrogen and oxygen atoms in total. The predicted octanol–water partition coefficient (Wildman–Crippen LogP) is 1.85. The summed E-state index contributed by atoms with van der Waals surface area (Å²) in [5, 5.41) is 9.14. The minimum absolute atomic E-state index is 0.00421. The van der Waals surface area contributed by atoms with Crippen molar-refractivity contribution in [1.82, 2.24) is 4.90 Å². The molecule has 4 heteroatoms. The van der Waals surface area contributed by atoms with Gasteiger partial charge in [-0.1, -0.05) is 20.8 Å². The highest BCUT2D eigenvalue weighted by Crippen LogP contribution is 2.37. The Bertz CT molecular complexity index is 301. The summed E-state index contributed by atoms with van der Waals surface area (Å²) in [6, 6.07) is 0. The minimum Gasteiger partial charge on any atom is -0.481 e. The Kier molecular flexibility index (Phi) is 4.54. The summed E-state index contributed by atoms with van der Waals surface area (Å²) in [4.78, 5) is 25.0. The third-order valence-corrected chi connectivity index (χ3v) is 3.45. The number of carbonyl (C=O) groups excluding carboxylic acids is 1. The fraction of sp³-hybridized carbons (Fsp3) is 0.846. The van der Waals surface area contributed by atoms with E-state index < -0.39 is 11.9 Å². The van der Waals surface area contributed by atoms with Crippen molar-refractivity contribution in [3.05, 3.63) is 0 Å². The average molecular weight is 241 g/mol. The van der Waals surface area contributed by atoms with E-state index in [1.165, 1.54) is 0 Å². The van der Waals surface area contributed by atoms with Gasteiger partial charge in [0.05, 0.1) is 11.8 Å². The summed E-state index contributed by atoms with van der Waals surface area (Å²) in [5.74, 6) is -0.914. The number of amides is 1. The van der Waals surface area contributed by atoms with E-state index in [0.717, 1.165) is 0 Å². The number of aliphatic carboxylic acids is 1. The number of carbonyl (C=O) groups is 2. The molecule has 1 fully saturated rings. The van der Waals surface area contributed by atoms with Crippen molar-refractivity contribution in [1.29, 1.82) is 0 Å². The molecule has 3 atom stereocenters. The fourth-order valence-electron chi connectivity index (χ4n) is 2.76.